The van der Waals surface area contributed by atoms with E-state index in [0.717, 1.165) is 67.7 Å². The summed E-state index contributed by atoms with van der Waals surface area (Å²) in [5.41, 5.74) is 2.00. The summed E-state index contributed by atoms with van der Waals surface area (Å²) in [6.07, 6.45) is 7.65. The van der Waals surface area contributed by atoms with Gasteiger partial charge in [0.15, 0.2) is 0 Å². The number of likely N-dealkylation sites (N-methyl/N-ethyl adjacent to an activating group) is 1. The summed E-state index contributed by atoms with van der Waals surface area (Å²) in [5.74, 6) is 1.50. The molecule has 8 nitrogen and oxygen atoms in total. The van der Waals surface area contributed by atoms with E-state index in [1.165, 1.54) is 0 Å². The molecule has 0 saturated carbocycles. The first-order chi connectivity index (χ1) is 16.4. The van der Waals surface area contributed by atoms with Gasteiger partial charge in [-0.3, -0.25) is 4.90 Å². The smallest absolute Gasteiger partial charge is 0.243 e. The molecular weight excluding hydrogens is 448 g/mol. The number of aromatic amines is 1. The average Bonchev–Trinajstić information content (AvgIpc) is 3.35. The van der Waals surface area contributed by atoms with Gasteiger partial charge >= 0.3 is 0 Å². The third kappa shape index (κ3) is 4.56. The molecule has 2 unspecified atom stereocenters. The number of likely N-dealkylation sites (tertiary alicyclic amines) is 1. The van der Waals surface area contributed by atoms with E-state index in [0.29, 0.717) is 29.9 Å². The van der Waals surface area contributed by atoms with Gasteiger partial charge in [0.1, 0.15) is 17.8 Å². The SMILES string of the molecule is CC1CCN(Cc2ccc(S(=O)(=O)N3CCCCC3)cc2)CC1N(C)c1ncnc2[nH]ccc12. The van der Waals surface area contributed by atoms with Crippen LogP contribution in [0.3, 0.4) is 0 Å². The lowest BCUT2D eigenvalue weighted by Gasteiger charge is -2.42. The highest BCUT2D eigenvalue weighted by molar-refractivity contribution is 7.89. The van der Waals surface area contributed by atoms with Crippen molar-refractivity contribution in [3.8, 4) is 0 Å². The minimum absolute atomic E-state index is 0.334. The maximum atomic E-state index is 12.9. The van der Waals surface area contributed by atoms with Gasteiger partial charge in [0, 0.05) is 45.5 Å². The Morgan fingerprint density at radius 3 is 2.59 bits per heavy atom. The minimum atomic E-state index is -3.38. The molecule has 9 heteroatoms. The number of fused-ring (bicyclic) bond motifs is 1. The van der Waals surface area contributed by atoms with Gasteiger partial charge in [0.2, 0.25) is 10.0 Å². The first-order valence-corrected chi connectivity index (χ1v) is 13.7. The number of piperidine rings is 2. The van der Waals surface area contributed by atoms with Crippen molar-refractivity contribution in [2.75, 3.05) is 38.1 Å². The fraction of sp³-hybridized carbons (Fsp3) is 0.520. The molecule has 1 N–H and O–H groups in total. The molecule has 0 spiro atoms. The number of hydrogen-bond donors (Lipinski definition) is 1. The molecule has 1 aromatic carbocycles. The molecule has 2 saturated heterocycles. The van der Waals surface area contributed by atoms with Crippen molar-refractivity contribution in [1.82, 2.24) is 24.2 Å². The van der Waals surface area contributed by atoms with E-state index in [2.05, 4.69) is 38.7 Å². The van der Waals surface area contributed by atoms with Crippen LogP contribution < -0.4 is 4.90 Å². The molecule has 2 fully saturated rings. The van der Waals surface area contributed by atoms with Gasteiger partial charge in [0.25, 0.3) is 0 Å². The van der Waals surface area contributed by atoms with Crippen LogP contribution in [-0.2, 0) is 16.6 Å². The van der Waals surface area contributed by atoms with Crippen molar-refractivity contribution < 1.29 is 8.42 Å². The van der Waals surface area contributed by atoms with Crippen LogP contribution in [0.25, 0.3) is 11.0 Å². The fourth-order valence-corrected chi connectivity index (χ4v) is 6.86. The zero-order chi connectivity index (χ0) is 23.7. The zero-order valence-electron chi connectivity index (χ0n) is 20.0. The van der Waals surface area contributed by atoms with Crippen LogP contribution in [-0.4, -0.2) is 71.8 Å². The highest BCUT2D eigenvalue weighted by Crippen LogP contribution is 2.29. The molecule has 2 aromatic heterocycles. The lowest BCUT2D eigenvalue weighted by molar-refractivity contribution is 0.159. The summed E-state index contributed by atoms with van der Waals surface area (Å²) in [4.78, 5) is 17.2. The first kappa shape index (κ1) is 23.3. The lowest BCUT2D eigenvalue weighted by Crippen LogP contribution is -2.50. The van der Waals surface area contributed by atoms with Crippen LogP contribution in [0.1, 0.15) is 38.2 Å². The van der Waals surface area contributed by atoms with Gasteiger partial charge in [-0.15, -0.1) is 0 Å². The van der Waals surface area contributed by atoms with Crippen molar-refractivity contribution >= 4 is 26.9 Å². The molecule has 2 atom stereocenters. The van der Waals surface area contributed by atoms with Crippen LogP contribution in [0, 0.1) is 5.92 Å². The molecule has 2 aliphatic heterocycles. The molecule has 0 radical (unpaired) electrons. The van der Waals surface area contributed by atoms with Crippen LogP contribution in [0.5, 0.6) is 0 Å². The summed E-state index contributed by atoms with van der Waals surface area (Å²) in [6, 6.07) is 9.87. The van der Waals surface area contributed by atoms with Crippen molar-refractivity contribution in [2.24, 2.45) is 5.92 Å². The standard InChI is InChI=1S/C25H34N6O2S/c1-19-11-15-30(17-23(19)29(2)25-22-10-12-26-24(22)27-18-28-25)16-20-6-8-21(9-7-20)34(32,33)31-13-4-3-5-14-31/h6-10,12,18-19,23H,3-5,11,13-17H2,1-2H3,(H,26,27,28). The summed E-state index contributed by atoms with van der Waals surface area (Å²) >= 11 is 0. The Kier molecular flexibility index (Phi) is 6.59. The van der Waals surface area contributed by atoms with Crippen molar-refractivity contribution in [1.29, 1.82) is 0 Å². The van der Waals surface area contributed by atoms with E-state index < -0.39 is 10.0 Å². The maximum absolute atomic E-state index is 12.9. The molecule has 0 aliphatic carbocycles. The minimum Gasteiger partial charge on any atom is -0.354 e. The van der Waals surface area contributed by atoms with E-state index in [-0.39, 0.29) is 0 Å². The largest absolute Gasteiger partial charge is 0.354 e. The van der Waals surface area contributed by atoms with Crippen molar-refractivity contribution in [2.45, 2.75) is 50.1 Å². The molecule has 34 heavy (non-hydrogen) atoms. The quantitative estimate of drug-likeness (QED) is 0.579. The van der Waals surface area contributed by atoms with Crippen LogP contribution >= 0.6 is 0 Å². The monoisotopic (exact) mass is 482 g/mol. The summed E-state index contributed by atoms with van der Waals surface area (Å²) in [5, 5.41) is 1.04. The Morgan fingerprint density at radius 2 is 1.82 bits per heavy atom. The number of rotatable bonds is 6. The van der Waals surface area contributed by atoms with Crippen LogP contribution in [0.4, 0.5) is 5.82 Å². The number of nitrogens with one attached hydrogen (secondary N) is 1. The second-order valence-corrected chi connectivity index (χ2v) is 11.7. The number of benzene rings is 1. The Labute approximate surface area is 202 Å². The molecule has 2 aliphatic rings. The average molecular weight is 483 g/mol. The van der Waals surface area contributed by atoms with Crippen molar-refractivity contribution in [3.05, 3.63) is 48.4 Å². The number of anilines is 1. The van der Waals surface area contributed by atoms with Gasteiger partial charge in [0.05, 0.1) is 10.3 Å². The molecule has 0 bridgehead atoms. The number of nitrogens with zero attached hydrogens (tertiary/aromatic N) is 5. The number of H-pyrrole nitrogens is 1. The third-order valence-corrected chi connectivity index (χ3v) is 9.36. The first-order valence-electron chi connectivity index (χ1n) is 12.3. The molecule has 3 aromatic rings. The highest BCUT2D eigenvalue weighted by atomic mass is 32.2. The lowest BCUT2D eigenvalue weighted by atomic mass is 9.92. The Bertz CT molecular complexity index is 1220. The predicted octanol–water partition coefficient (Wildman–Crippen LogP) is 3.48. The van der Waals surface area contributed by atoms with E-state index in [1.54, 1.807) is 22.8 Å². The van der Waals surface area contributed by atoms with Gasteiger partial charge in [-0.05, 0) is 55.5 Å². The van der Waals surface area contributed by atoms with Gasteiger partial charge in [-0.2, -0.15) is 4.31 Å². The van der Waals surface area contributed by atoms with Crippen molar-refractivity contribution in [3.63, 3.8) is 0 Å². The molecule has 182 valence electrons. The normalized spacial score (nSPS) is 22.8. The van der Waals surface area contributed by atoms with Gasteiger partial charge in [-0.1, -0.05) is 25.5 Å². The second kappa shape index (κ2) is 9.64. The molecule has 4 heterocycles. The number of aromatic nitrogens is 3. The summed E-state index contributed by atoms with van der Waals surface area (Å²) in [7, 11) is -1.26. The molecular formula is C25H34N6O2S. The van der Waals surface area contributed by atoms with E-state index in [4.69, 9.17) is 0 Å². The third-order valence-electron chi connectivity index (χ3n) is 7.45. The number of hydrogen-bond acceptors (Lipinski definition) is 6. The van der Waals surface area contributed by atoms with E-state index in [9.17, 15) is 8.42 Å². The van der Waals surface area contributed by atoms with E-state index in [1.807, 2.05) is 24.4 Å². The Balaban J connectivity index is 1.27. The second-order valence-electron chi connectivity index (χ2n) is 9.73. The Hall–Kier alpha value is -2.49. The fourth-order valence-electron chi connectivity index (χ4n) is 5.34. The number of sulfonamides is 1. The van der Waals surface area contributed by atoms with Gasteiger partial charge in [-0.25, -0.2) is 18.4 Å². The zero-order valence-corrected chi connectivity index (χ0v) is 20.8. The predicted molar refractivity (Wildman–Crippen MR) is 134 cm³/mol. The maximum Gasteiger partial charge on any atom is 0.243 e. The summed E-state index contributed by atoms with van der Waals surface area (Å²) < 4.78 is 27.5. The molecule has 0 amide bonds. The Morgan fingerprint density at radius 1 is 1.06 bits per heavy atom. The van der Waals surface area contributed by atoms with Gasteiger partial charge < -0.3 is 9.88 Å². The highest BCUT2D eigenvalue weighted by Gasteiger charge is 2.31. The molecule has 5 rings (SSSR count). The van der Waals surface area contributed by atoms with E-state index >= 15 is 0 Å². The topological polar surface area (TPSA) is 85.4 Å². The summed E-state index contributed by atoms with van der Waals surface area (Å²) in [6.45, 7) is 6.35. The van der Waals surface area contributed by atoms with Crippen LogP contribution in [0.15, 0.2) is 47.8 Å². The van der Waals surface area contributed by atoms with Crippen LogP contribution in [0.2, 0.25) is 0 Å².